The molecule has 162 valence electrons. The fourth-order valence-corrected chi connectivity index (χ4v) is 4.42. The molecule has 4 rings (SSSR count). The lowest BCUT2D eigenvalue weighted by Gasteiger charge is -2.14. The molecule has 0 aliphatic heterocycles. The van der Waals surface area contributed by atoms with E-state index in [0.717, 1.165) is 29.4 Å². The van der Waals surface area contributed by atoms with E-state index in [2.05, 4.69) is 20.1 Å². The molecule has 1 aliphatic carbocycles. The van der Waals surface area contributed by atoms with Crippen LogP contribution in [0.2, 0.25) is 10.0 Å². The number of ether oxygens (including phenoxy) is 1. The van der Waals surface area contributed by atoms with Gasteiger partial charge in [0.2, 0.25) is 5.91 Å². The molecule has 1 unspecified atom stereocenters. The first-order valence-corrected chi connectivity index (χ1v) is 11.7. The smallest absolute Gasteiger partial charge is 0.233 e. The summed E-state index contributed by atoms with van der Waals surface area (Å²) >= 11 is 13.7. The first kappa shape index (κ1) is 22.0. The van der Waals surface area contributed by atoms with Crippen molar-refractivity contribution in [3.8, 4) is 5.75 Å². The number of amides is 1. The second kappa shape index (κ2) is 9.94. The van der Waals surface area contributed by atoms with E-state index in [1.165, 1.54) is 11.8 Å². The molecular formula is C22H22Cl2N4O2S. The maximum Gasteiger partial charge on any atom is 0.233 e. The summed E-state index contributed by atoms with van der Waals surface area (Å²) in [6.45, 7) is 2.51. The summed E-state index contributed by atoms with van der Waals surface area (Å²) in [6, 6.07) is 15.2. The first-order valence-electron chi connectivity index (χ1n) is 10.0. The third-order valence-corrected chi connectivity index (χ3v) is 6.64. The molecule has 1 heterocycles. The highest BCUT2D eigenvalue weighted by Gasteiger charge is 2.31. The Hall–Kier alpha value is -2.22. The largest absolute Gasteiger partial charge is 0.484 e. The second-order valence-corrected chi connectivity index (χ2v) is 9.41. The van der Waals surface area contributed by atoms with Crippen molar-refractivity contribution in [3.63, 3.8) is 0 Å². The third-order valence-electron chi connectivity index (χ3n) is 4.90. The first-order chi connectivity index (χ1) is 15.0. The summed E-state index contributed by atoms with van der Waals surface area (Å²) in [4.78, 5) is 12.6. The van der Waals surface area contributed by atoms with Crippen LogP contribution in [0.15, 0.2) is 53.7 Å². The molecule has 1 fully saturated rings. The number of halogens is 2. The predicted octanol–water partition coefficient (Wildman–Crippen LogP) is 5.30. The predicted molar refractivity (Wildman–Crippen MR) is 123 cm³/mol. The Kier molecular flexibility index (Phi) is 7.05. The number of hydrogen-bond donors (Lipinski definition) is 1. The number of carbonyl (C=O) groups is 1. The van der Waals surface area contributed by atoms with Gasteiger partial charge in [0.1, 0.15) is 12.4 Å². The number of benzene rings is 2. The molecule has 1 aliphatic rings. The summed E-state index contributed by atoms with van der Waals surface area (Å²) in [6.07, 6.45) is 2.13. The van der Waals surface area contributed by atoms with Gasteiger partial charge >= 0.3 is 0 Å². The van der Waals surface area contributed by atoms with E-state index in [1.807, 2.05) is 49.4 Å². The normalized spacial score (nSPS) is 14.3. The minimum atomic E-state index is -0.332. The van der Waals surface area contributed by atoms with Crippen molar-refractivity contribution < 1.29 is 9.53 Å². The van der Waals surface area contributed by atoms with Gasteiger partial charge in [-0.05, 0) is 43.5 Å². The van der Waals surface area contributed by atoms with Crippen molar-refractivity contribution in [3.05, 3.63) is 70.0 Å². The zero-order valence-corrected chi connectivity index (χ0v) is 19.3. The molecule has 2 aromatic carbocycles. The molecule has 1 aromatic heterocycles. The van der Waals surface area contributed by atoms with Crippen LogP contribution < -0.4 is 10.1 Å². The van der Waals surface area contributed by atoms with Crippen LogP contribution in [0.4, 0.5) is 0 Å². The molecule has 0 radical (unpaired) electrons. The minimum Gasteiger partial charge on any atom is -0.484 e. The van der Waals surface area contributed by atoms with E-state index in [0.29, 0.717) is 28.4 Å². The highest BCUT2D eigenvalue weighted by molar-refractivity contribution is 8.00. The zero-order chi connectivity index (χ0) is 21.8. The van der Waals surface area contributed by atoms with Gasteiger partial charge in [0, 0.05) is 17.6 Å². The average Bonchev–Trinajstić information content (AvgIpc) is 3.53. The number of rotatable bonds is 9. The van der Waals surface area contributed by atoms with Crippen LogP contribution in [0.3, 0.4) is 0 Å². The molecule has 0 saturated heterocycles. The highest BCUT2D eigenvalue weighted by atomic mass is 35.5. The number of aromatic nitrogens is 3. The van der Waals surface area contributed by atoms with E-state index in [-0.39, 0.29) is 17.8 Å². The maximum atomic E-state index is 12.6. The van der Waals surface area contributed by atoms with Gasteiger partial charge < -0.3 is 10.1 Å². The molecule has 1 saturated carbocycles. The van der Waals surface area contributed by atoms with E-state index < -0.39 is 0 Å². The van der Waals surface area contributed by atoms with Crippen molar-refractivity contribution in [2.45, 2.75) is 49.4 Å². The number of thioether (sulfide) groups is 1. The summed E-state index contributed by atoms with van der Waals surface area (Å²) in [7, 11) is 0. The Morgan fingerprint density at radius 1 is 1.16 bits per heavy atom. The zero-order valence-electron chi connectivity index (χ0n) is 16.9. The van der Waals surface area contributed by atoms with Crippen molar-refractivity contribution in [2.24, 2.45) is 0 Å². The molecule has 0 spiro atoms. The fraction of sp³-hybridized carbons (Fsp3) is 0.318. The van der Waals surface area contributed by atoms with Gasteiger partial charge in [-0.3, -0.25) is 9.36 Å². The van der Waals surface area contributed by atoms with Crippen molar-refractivity contribution >= 4 is 40.9 Å². The Balaban J connectivity index is 1.39. The standard InChI is InChI=1S/C22H22Cl2N4O2S/c1-14(21(29)25-12-15-6-2-3-7-17(15)23)31-22-27-26-20(28(22)16-10-11-16)13-30-19-9-5-4-8-18(19)24/h2-9,14,16H,10-13H2,1H3,(H,25,29). The van der Waals surface area contributed by atoms with Crippen LogP contribution in [0.1, 0.15) is 37.2 Å². The lowest BCUT2D eigenvalue weighted by atomic mass is 10.2. The van der Waals surface area contributed by atoms with Gasteiger partial charge in [0.25, 0.3) is 0 Å². The lowest BCUT2D eigenvalue weighted by molar-refractivity contribution is -0.120. The quantitative estimate of drug-likeness (QED) is 0.424. The number of para-hydroxylation sites is 1. The number of hydrogen-bond acceptors (Lipinski definition) is 5. The monoisotopic (exact) mass is 476 g/mol. The molecule has 1 amide bonds. The summed E-state index contributed by atoms with van der Waals surface area (Å²) < 4.78 is 7.93. The SMILES string of the molecule is CC(Sc1nnc(COc2ccccc2Cl)n1C1CC1)C(=O)NCc1ccccc1Cl. The molecule has 3 aromatic rings. The van der Waals surface area contributed by atoms with Gasteiger partial charge in [-0.15, -0.1) is 10.2 Å². The molecule has 31 heavy (non-hydrogen) atoms. The van der Waals surface area contributed by atoms with Gasteiger partial charge in [0.05, 0.1) is 10.3 Å². The Bertz CT molecular complexity index is 1070. The van der Waals surface area contributed by atoms with Gasteiger partial charge in [-0.2, -0.15) is 0 Å². The van der Waals surface area contributed by atoms with Crippen LogP contribution >= 0.6 is 35.0 Å². The molecular weight excluding hydrogens is 455 g/mol. The van der Waals surface area contributed by atoms with Crippen molar-refractivity contribution in [2.75, 3.05) is 0 Å². The highest BCUT2D eigenvalue weighted by Crippen LogP contribution is 2.39. The van der Waals surface area contributed by atoms with Crippen molar-refractivity contribution in [1.82, 2.24) is 20.1 Å². The maximum absolute atomic E-state index is 12.6. The molecule has 9 heteroatoms. The van der Waals surface area contributed by atoms with Crippen LogP contribution in [0.5, 0.6) is 5.75 Å². The lowest BCUT2D eigenvalue weighted by Crippen LogP contribution is -2.30. The van der Waals surface area contributed by atoms with Crippen LogP contribution in [0.25, 0.3) is 0 Å². The van der Waals surface area contributed by atoms with E-state index in [9.17, 15) is 4.79 Å². The topological polar surface area (TPSA) is 69.0 Å². The summed E-state index contributed by atoms with van der Waals surface area (Å²) in [5, 5.41) is 13.2. The molecule has 0 bridgehead atoms. The molecule has 6 nitrogen and oxygen atoms in total. The second-order valence-electron chi connectivity index (χ2n) is 7.29. The number of carbonyl (C=O) groups excluding carboxylic acids is 1. The summed E-state index contributed by atoms with van der Waals surface area (Å²) in [5.41, 5.74) is 0.884. The van der Waals surface area contributed by atoms with E-state index >= 15 is 0 Å². The van der Waals surface area contributed by atoms with Crippen LogP contribution in [-0.4, -0.2) is 25.9 Å². The molecule has 1 N–H and O–H groups in total. The minimum absolute atomic E-state index is 0.0795. The van der Waals surface area contributed by atoms with Gasteiger partial charge in [0.15, 0.2) is 11.0 Å². The average molecular weight is 477 g/mol. The fourth-order valence-electron chi connectivity index (χ4n) is 3.07. The molecule has 1 atom stereocenters. The third kappa shape index (κ3) is 5.53. The Labute approximate surface area is 195 Å². The van der Waals surface area contributed by atoms with E-state index in [4.69, 9.17) is 27.9 Å². The van der Waals surface area contributed by atoms with Gasteiger partial charge in [-0.1, -0.05) is 65.3 Å². The van der Waals surface area contributed by atoms with Crippen molar-refractivity contribution in [1.29, 1.82) is 0 Å². The number of nitrogens with one attached hydrogen (secondary N) is 1. The van der Waals surface area contributed by atoms with Gasteiger partial charge in [-0.25, -0.2) is 0 Å². The Morgan fingerprint density at radius 2 is 1.87 bits per heavy atom. The van der Waals surface area contributed by atoms with Crippen LogP contribution in [0, 0.1) is 0 Å². The van der Waals surface area contributed by atoms with Crippen LogP contribution in [-0.2, 0) is 17.9 Å². The summed E-state index contributed by atoms with van der Waals surface area (Å²) in [5.74, 6) is 1.26. The Morgan fingerprint density at radius 3 is 2.58 bits per heavy atom. The van der Waals surface area contributed by atoms with E-state index in [1.54, 1.807) is 6.07 Å². The number of nitrogens with zero attached hydrogens (tertiary/aromatic N) is 3.